The van der Waals surface area contributed by atoms with Crippen molar-refractivity contribution in [2.24, 2.45) is 0 Å². The lowest BCUT2D eigenvalue weighted by Crippen LogP contribution is -2.45. The van der Waals surface area contributed by atoms with Crippen LogP contribution in [0.5, 0.6) is 0 Å². The smallest absolute Gasteiger partial charge is 0.409 e. The first-order valence-electron chi connectivity index (χ1n) is 7.50. The fraction of sp³-hybridized carbons (Fsp3) is 0.438. The molecule has 1 aromatic heterocycles. The van der Waals surface area contributed by atoms with Crippen LogP contribution >= 0.6 is 0 Å². The molecule has 3 rings (SSSR count). The molecule has 1 N–H and O–H groups in total. The second kappa shape index (κ2) is 6.17. The van der Waals surface area contributed by atoms with Gasteiger partial charge >= 0.3 is 6.09 Å². The number of ether oxygens (including phenoxy) is 1. The summed E-state index contributed by atoms with van der Waals surface area (Å²) in [6.45, 7) is 3.32. The van der Waals surface area contributed by atoms with Crippen molar-refractivity contribution in [1.82, 2.24) is 14.9 Å². The zero-order valence-electron chi connectivity index (χ0n) is 12.9. The Balaban J connectivity index is 1.77. The number of para-hydroxylation sites is 2. The van der Waals surface area contributed by atoms with Crippen LogP contribution in [0.4, 0.5) is 10.6 Å². The van der Waals surface area contributed by atoms with Crippen LogP contribution < -0.4 is 5.32 Å². The molecule has 1 aliphatic heterocycles. The number of methoxy groups -OCH3 is 1. The van der Waals surface area contributed by atoms with Crippen molar-refractivity contribution in [2.75, 3.05) is 25.5 Å². The molecular weight excluding hydrogens is 280 g/mol. The van der Waals surface area contributed by atoms with Crippen molar-refractivity contribution in [1.29, 1.82) is 0 Å². The van der Waals surface area contributed by atoms with E-state index < -0.39 is 0 Å². The Bertz CT molecular complexity index is 689. The normalized spacial score (nSPS) is 18.3. The fourth-order valence-electron chi connectivity index (χ4n) is 2.81. The lowest BCUT2D eigenvalue weighted by molar-refractivity contribution is 0.113. The highest BCUT2D eigenvalue weighted by atomic mass is 16.5. The van der Waals surface area contributed by atoms with E-state index in [2.05, 4.69) is 15.3 Å². The van der Waals surface area contributed by atoms with E-state index in [0.29, 0.717) is 6.54 Å². The second-order valence-corrected chi connectivity index (χ2v) is 5.55. The van der Waals surface area contributed by atoms with Gasteiger partial charge in [-0.1, -0.05) is 12.1 Å². The third-order valence-corrected chi connectivity index (χ3v) is 3.94. The predicted molar refractivity (Wildman–Crippen MR) is 84.9 cm³/mol. The molecule has 1 fully saturated rings. The molecule has 1 aliphatic rings. The van der Waals surface area contributed by atoms with Crippen LogP contribution in [-0.2, 0) is 4.74 Å². The third-order valence-electron chi connectivity index (χ3n) is 3.94. The predicted octanol–water partition coefficient (Wildman–Crippen LogP) is 2.58. The van der Waals surface area contributed by atoms with Gasteiger partial charge in [-0.05, 0) is 31.9 Å². The van der Waals surface area contributed by atoms with Gasteiger partial charge < -0.3 is 15.0 Å². The Morgan fingerprint density at radius 1 is 1.32 bits per heavy atom. The summed E-state index contributed by atoms with van der Waals surface area (Å²) in [7, 11) is 1.42. The van der Waals surface area contributed by atoms with Gasteiger partial charge in [0.05, 0.1) is 23.8 Å². The lowest BCUT2D eigenvalue weighted by Gasteiger charge is -2.32. The monoisotopic (exact) mass is 300 g/mol. The molecule has 0 spiro atoms. The van der Waals surface area contributed by atoms with E-state index in [0.717, 1.165) is 41.9 Å². The molecule has 0 aliphatic carbocycles. The van der Waals surface area contributed by atoms with Gasteiger partial charge in [-0.15, -0.1) is 0 Å². The number of fused-ring (bicyclic) bond motifs is 1. The highest BCUT2D eigenvalue weighted by molar-refractivity contribution is 5.76. The van der Waals surface area contributed by atoms with E-state index in [1.807, 2.05) is 31.2 Å². The average molecular weight is 300 g/mol. The number of amides is 1. The van der Waals surface area contributed by atoms with Crippen LogP contribution in [0.2, 0.25) is 0 Å². The van der Waals surface area contributed by atoms with Crippen molar-refractivity contribution in [3.63, 3.8) is 0 Å². The Labute approximate surface area is 129 Å². The summed E-state index contributed by atoms with van der Waals surface area (Å²) in [5.41, 5.74) is 2.63. The SMILES string of the molecule is COC(=O)N1CCCC(Nc2nc3ccccc3nc2C)C1. The number of carbonyl (C=O) groups excluding carboxylic acids is 1. The van der Waals surface area contributed by atoms with Gasteiger partial charge in [-0.3, -0.25) is 0 Å². The molecule has 1 amide bonds. The summed E-state index contributed by atoms with van der Waals surface area (Å²) < 4.78 is 4.80. The molecule has 22 heavy (non-hydrogen) atoms. The largest absolute Gasteiger partial charge is 0.453 e. The summed E-state index contributed by atoms with van der Waals surface area (Å²) in [5, 5.41) is 3.43. The highest BCUT2D eigenvalue weighted by Gasteiger charge is 2.24. The molecule has 1 aromatic carbocycles. The standard InChI is InChI=1S/C16H20N4O2/c1-11-15(19-14-8-4-3-7-13(14)17-11)18-12-6-5-9-20(10-12)16(21)22-2/h3-4,7-8,12H,5-6,9-10H2,1-2H3,(H,18,19). The van der Waals surface area contributed by atoms with Crippen molar-refractivity contribution in [3.05, 3.63) is 30.0 Å². The number of likely N-dealkylation sites (tertiary alicyclic amines) is 1. The van der Waals surface area contributed by atoms with E-state index in [1.165, 1.54) is 7.11 Å². The van der Waals surface area contributed by atoms with Gasteiger partial charge in [0.15, 0.2) is 0 Å². The molecule has 2 aromatic rings. The molecule has 0 bridgehead atoms. The highest BCUT2D eigenvalue weighted by Crippen LogP contribution is 2.20. The number of hydrogen-bond acceptors (Lipinski definition) is 5. The summed E-state index contributed by atoms with van der Waals surface area (Å²) in [6.07, 6.45) is 1.68. The van der Waals surface area contributed by atoms with E-state index in [-0.39, 0.29) is 12.1 Å². The van der Waals surface area contributed by atoms with Gasteiger partial charge in [0.25, 0.3) is 0 Å². The van der Waals surface area contributed by atoms with E-state index in [1.54, 1.807) is 4.90 Å². The van der Waals surface area contributed by atoms with Gasteiger partial charge in [0, 0.05) is 19.1 Å². The van der Waals surface area contributed by atoms with Gasteiger partial charge in [0.2, 0.25) is 0 Å². The van der Waals surface area contributed by atoms with E-state index in [4.69, 9.17) is 4.74 Å². The van der Waals surface area contributed by atoms with Crippen molar-refractivity contribution < 1.29 is 9.53 Å². The van der Waals surface area contributed by atoms with Crippen LogP contribution in [0.3, 0.4) is 0 Å². The van der Waals surface area contributed by atoms with Crippen LogP contribution in [0.25, 0.3) is 11.0 Å². The topological polar surface area (TPSA) is 67.3 Å². The molecule has 0 saturated carbocycles. The van der Waals surface area contributed by atoms with Crippen molar-refractivity contribution in [2.45, 2.75) is 25.8 Å². The van der Waals surface area contributed by atoms with Crippen molar-refractivity contribution in [3.8, 4) is 0 Å². The van der Waals surface area contributed by atoms with Crippen LogP contribution in [0, 0.1) is 6.92 Å². The number of nitrogens with one attached hydrogen (secondary N) is 1. The van der Waals surface area contributed by atoms with Crippen LogP contribution in [0.15, 0.2) is 24.3 Å². The van der Waals surface area contributed by atoms with Crippen LogP contribution in [-0.4, -0.2) is 47.2 Å². The number of aryl methyl sites for hydroxylation is 1. The molecule has 116 valence electrons. The summed E-state index contributed by atoms with van der Waals surface area (Å²) in [5.74, 6) is 0.787. The first kappa shape index (κ1) is 14.6. The minimum Gasteiger partial charge on any atom is -0.453 e. The maximum absolute atomic E-state index is 11.7. The molecular formula is C16H20N4O2. The number of aromatic nitrogens is 2. The molecule has 6 heteroatoms. The van der Waals surface area contributed by atoms with Crippen LogP contribution in [0.1, 0.15) is 18.5 Å². The lowest BCUT2D eigenvalue weighted by atomic mass is 10.1. The number of hydrogen-bond donors (Lipinski definition) is 1. The van der Waals surface area contributed by atoms with Gasteiger partial charge in [-0.2, -0.15) is 0 Å². The quantitative estimate of drug-likeness (QED) is 0.923. The van der Waals surface area contributed by atoms with E-state index in [9.17, 15) is 4.79 Å². The van der Waals surface area contributed by atoms with Crippen molar-refractivity contribution >= 4 is 22.9 Å². The summed E-state index contributed by atoms with van der Waals surface area (Å²) in [6, 6.07) is 7.99. The fourth-order valence-corrected chi connectivity index (χ4v) is 2.81. The van der Waals surface area contributed by atoms with E-state index >= 15 is 0 Å². The minimum atomic E-state index is -0.271. The second-order valence-electron chi connectivity index (χ2n) is 5.55. The van der Waals surface area contributed by atoms with Gasteiger partial charge in [-0.25, -0.2) is 14.8 Å². The number of carbonyl (C=O) groups is 1. The Kier molecular flexibility index (Phi) is 4.09. The maximum atomic E-state index is 11.7. The first-order valence-corrected chi connectivity index (χ1v) is 7.50. The number of nitrogens with zero attached hydrogens (tertiary/aromatic N) is 3. The molecule has 1 unspecified atom stereocenters. The Morgan fingerprint density at radius 3 is 2.77 bits per heavy atom. The zero-order valence-corrected chi connectivity index (χ0v) is 12.9. The Morgan fingerprint density at radius 2 is 2.05 bits per heavy atom. The molecule has 6 nitrogen and oxygen atoms in total. The maximum Gasteiger partial charge on any atom is 0.409 e. The molecule has 1 atom stereocenters. The Hall–Kier alpha value is -2.37. The number of piperidine rings is 1. The number of rotatable bonds is 2. The minimum absolute atomic E-state index is 0.169. The third kappa shape index (κ3) is 2.95. The summed E-state index contributed by atoms with van der Waals surface area (Å²) >= 11 is 0. The number of benzene rings is 1. The average Bonchev–Trinajstić information content (AvgIpc) is 2.55. The molecule has 1 saturated heterocycles. The number of anilines is 1. The first-order chi connectivity index (χ1) is 10.7. The molecule has 2 heterocycles. The molecule has 0 radical (unpaired) electrons. The van der Waals surface area contributed by atoms with Gasteiger partial charge in [0.1, 0.15) is 5.82 Å². The zero-order chi connectivity index (χ0) is 15.5. The summed E-state index contributed by atoms with van der Waals surface area (Å²) in [4.78, 5) is 22.6.